The Morgan fingerprint density at radius 1 is 1.03 bits per heavy atom. The summed E-state index contributed by atoms with van der Waals surface area (Å²) in [4.78, 5) is 33.5. The van der Waals surface area contributed by atoms with Gasteiger partial charge in [-0.1, -0.05) is 12.1 Å². The topological polar surface area (TPSA) is 77.7 Å². The number of morpholine rings is 1. The van der Waals surface area contributed by atoms with Crippen molar-refractivity contribution < 1.29 is 9.53 Å². The van der Waals surface area contributed by atoms with E-state index in [0.29, 0.717) is 17.2 Å². The normalized spacial score (nSPS) is 15.3. The van der Waals surface area contributed by atoms with Crippen molar-refractivity contribution in [2.24, 2.45) is 0 Å². The molecule has 5 rings (SSSR count). The Labute approximate surface area is 218 Å². The van der Waals surface area contributed by atoms with Crippen molar-refractivity contribution in [1.29, 1.82) is 0 Å². The lowest BCUT2D eigenvalue weighted by Crippen LogP contribution is -2.36. The van der Waals surface area contributed by atoms with Crippen LogP contribution in [0.15, 0.2) is 47.3 Å². The van der Waals surface area contributed by atoms with E-state index in [1.807, 2.05) is 26.0 Å². The lowest BCUT2D eigenvalue weighted by Gasteiger charge is -2.29. The van der Waals surface area contributed by atoms with Crippen LogP contribution in [0, 0.1) is 13.8 Å². The number of carbonyl (C=O) groups excluding carboxylic acids is 1. The fourth-order valence-corrected chi connectivity index (χ4v) is 5.49. The summed E-state index contributed by atoms with van der Waals surface area (Å²) in [6.07, 6.45) is 0.830. The molecule has 7 nitrogen and oxygen atoms in total. The highest BCUT2D eigenvalue weighted by molar-refractivity contribution is 5.99. The number of H-pyrrole nitrogens is 1. The van der Waals surface area contributed by atoms with Crippen molar-refractivity contribution in [3.63, 3.8) is 0 Å². The molecule has 2 aromatic carbocycles. The number of aryl methyl sites for hydroxylation is 2. The Bertz CT molecular complexity index is 1350. The first-order valence-corrected chi connectivity index (χ1v) is 13.2. The van der Waals surface area contributed by atoms with Crippen LogP contribution in [-0.4, -0.2) is 49.8 Å². The number of nitrogens with zero attached hydrogens (tertiary/aromatic N) is 2. The van der Waals surface area contributed by atoms with Gasteiger partial charge in [0.05, 0.1) is 13.2 Å². The van der Waals surface area contributed by atoms with E-state index >= 15 is 0 Å². The molecule has 1 aromatic heterocycles. The summed E-state index contributed by atoms with van der Waals surface area (Å²) in [5.41, 5.74) is 8.32. The van der Waals surface area contributed by atoms with Gasteiger partial charge in [-0.05, 0) is 86.7 Å². The fourth-order valence-electron chi connectivity index (χ4n) is 5.49. The van der Waals surface area contributed by atoms with E-state index in [1.54, 1.807) is 0 Å². The molecule has 0 spiro atoms. The maximum absolute atomic E-state index is 13.5. The Balaban J connectivity index is 1.46. The van der Waals surface area contributed by atoms with Gasteiger partial charge in [0.15, 0.2) is 0 Å². The molecule has 7 heteroatoms. The molecule has 1 saturated heterocycles. The average molecular weight is 501 g/mol. The van der Waals surface area contributed by atoms with Gasteiger partial charge in [0, 0.05) is 60.4 Å². The van der Waals surface area contributed by atoms with Gasteiger partial charge in [-0.2, -0.15) is 0 Å². The number of ether oxygens (including phenoxy) is 1. The highest BCUT2D eigenvalue weighted by atomic mass is 16.5. The number of aromatic nitrogens is 1. The molecule has 3 heterocycles. The Morgan fingerprint density at radius 2 is 1.76 bits per heavy atom. The van der Waals surface area contributed by atoms with E-state index in [0.717, 1.165) is 72.9 Å². The average Bonchev–Trinajstić information content (AvgIpc) is 3.32. The zero-order valence-electron chi connectivity index (χ0n) is 22.2. The summed E-state index contributed by atoms with van der Waals surface area (Å²) in [5.74, 6) is -0.145. The third-order valence-electron chi connectivity index (χ3n) is 7.50. The summed E-state index contributed by atoms with van der Waals surface area (Å²) < 4.78 is 5.48. The quantitative estimate of drug-likeness (QED) is 0.531. The lowest BCUT2D eigenvalue weighted by molar-refractivity contribution is 0.0950. The molecule has 37 heavy (non-hydrogen) atoms. The highest BCUT2D eigenvalue weighted by Crippen LogP contribution is 2.37. The zero-order valence-corrected chi connectivity index (χ0v) is 22.2. The molecule has 2 aliphatic rings. The van der Waals surface area contributed by atoms with E-state index in [4.69, 9.17) is 4.74 Å². The number of aromatic amines is 1. The summed E-state index contributed by atoms with van der Waals surface area (Å²) in [6.45, 7) is 12.5. The lowest BCUT2D eigenvalue weighted by atomic mass is 9.96. The molecule has 0 radical (unpaired) electrons. The molecule has 2 aliphatic heterocycles. The van der Waals surface area contributed by atoms with E-state index in [-0.39, 0.29) is 18.0 Å². The SMILES string of the molecule is Cc1cc(C)c(CNC(=O)c2cc(-c3ccc(N4CCOCC4)cc3)cc3c2CCN3C(C)C)c(=O)[nH]1. The molecule has 3 aromatic rings. The first-order valence-electron chi connectivity index (χ1n) is 13.2. The molecule has 0 saturated carbocycles. The number of fused-ring (bicyclic) bond motifs is 1. The minimum absolute atomic E-state index is 0.145. The van der Waals surface area contributed by atoms with Gasteiger partial charge in [-0.25, -0.2) is 0 Å². The van der Waals surface area contributed by atoms with Crippen LogP contribution in [0.4, 0.5) is 11.4 Å². The van der Waals surface area contributed by atoms with Gasteiger partial charge >= 0.3 is 0 Å². The Morgan fingerprint density at radius 3 is 2.43 bits per heavy atom. The maximum Gasteiger partial charge on any atom is 0.253 e. The van der Waals surface area contributed by atoms with E-state index in [2.05, 4.69) is 64.3 Å². The number of hydrogen-bond acceptors (Lipinski definition) is 5. The van der Waals surface area contributed by atoms with E-state index < -0.39 is 0 Å². The summed E-state index contributed by atoms with van der Waals surface area (Å²) in [7, 11) is 0. The summed E-state index contributed by atoms with van der Waals surface area (Å²) >= 11 is 0. The van der Waals surface area contributed by atoms with Gasteiger partial charge in [-0.3, -0.25) is 9.59 Å². The predicted molar refractivity (Wildman–Crippen MR) is 149 cm³/mol. The van der Waals surface area contributed by atoms with Crippen LogP contribution in [0.2, 0.25) is 0 Å². The third-order valence-corrected chi connectivity index (χ3v) is 7.50. The smallest absolute Gasteiger partial charge is 0.253 e. The number of pyridine rings is 1. The molecule has 2 N–H and O–H groups in total. The second-order valence-electron chi connectivity index (χ2n) is 10.3. The van der Waals surface area contributed by atoms with Crippen LogP contribution in [0.25, 0.3) is 11.1 Å². The van der Waals surface area contributed by atoms with Crippen molar-refractivity contribution in [2.75, 3.05) is 42.6 Å². The number of carbonyl (C=O) groups is 1. The van der Waals surface area contributed by atoms with Crippen molar-refractivity contribution in [1.82, 2.24) is 10.3 Å². The van der Waals surface area contributed by atoms with E-state index in [1.165, 1.54) is 5.69 Å². The van der Waals surface area contributed by atoms with Crippen LogP contribution < -0.4 is 20.7 Å². The van der Waals surface area contributed by atoms with Crippen molar-refractivity contribution in [3.05, 3.63) is 80.8 Å². The third kappa shape index (κ3) is 5.14. The molecular weight excluding hydrogens is 464 g/mol. The van der Waals surface area contributed by atoms with Gasteiger partial charge in [0.25, 0.3) is 11.5 Å². The van der Waals surface area contributed by atoms with E-state index in [9.17, 15) is 9.59 Å². The molecule has 0 unspecified atom stereocenters. The van der Waals surface area contributed by atoms with Gasteiger partial charge < -0.3 is 24.8 Å². The summed E-state index contributed by atoms with van der Waals surface area (Å²) in [6, 6.07) is 15.1. The number of anilines is 2. The van der Waals surface area contributed by atoms with Crippen molar-refractivity contribution >= 4 is 17.3 Å². The van der Waals surface area contributed by atoms with Gasteiger partial charge in [-0.15, -0.1) is 0 Å². The molecule has 0 atom stereocenters. The second kappa shape index (κ2) is 10.4. The molecular formula is C30H36N4O3. The minimum Gasteiger partial charge on any atom is -0.378 e. The zero-order chi connectivity index (χ0) is 26.1. The Hall–Kier alpha value is -3.58. The second-order valence-corrected chi connectivity index (χ2v) is 10.3. The standard InChI is InChI=1S/C30H36N4O3/c1-19(2)34-10-9-25-26(29(35)31-18-27-20(3)15-21(4)32-30(27)36)16-23(17-28(25)34)22-5-7-24(8-6-22)33-11-13-37-14-12-33/h5-8,15-17,19H,9-14,18H2,1-4H3,(H,31,35)(H,32,36). The predicted octanol–water partition coefficient (Wildman–Crippen LogP) is 4.20. The number of benzene rings is 2. The largest absolute Gasteiger partial charge is 0.378 e. The van der Waals surface area contributed by atoms with Gasteiger partial charge in [0.2, 0.25) is 0 Å². The maximum atomic E-state index is 13.5. The molecule has 0 aliphatic carbocycles. The first kappa shape index (κ1) is 25.1. The van der Waals surface area contributed by atoms with Crippen LogP contribution >= 0.6 is 0 Å². The van der Waals surface area contributed by atoms with Crippen LogP contribution in [0.5, 0.6) is 0 Å². The van der Waals surface area contributed by atoms with Crippen molar-refractivity contribution in [2.45, 2.75) is 46.7 Å². The van der Waals surface area contributed by atoms with Crippen LogP contribution in [-0.2, 0) is 17.7 Å². The fraction of sp³-hybridized carbons (Fsp3) is 0.400. The van der Waals surface area contributed by atoms with Crippen LogP contribution in [0.1, 0.15) is 46.6 Å². The Kier molecular flexibility index (Phi) is 7.07. The molecule has 1 amide bonds. The number of nitrogens with one attached hydrogen (secondary N) is 2. The molecule has 1 fully saturated rings. The number of amides is 1. The first-order chi connectivity index (χ1) is 17.8. The molecule has 0 bridgehead atoms. The number of rotatable bonds is 6. The summed E-state index contributed by atoms with van der Waals surface area (Å²) in [5, 5.41) is 3.02. The highest BCUT2D eigenvalue weighted by Gasteiger charge is 2.27. The van der Waals surface area contributed by atoms with Crippen molar-refractivity contribution in [3.8, 4) is 11.1 Å². The van der Waals surface area contributed by atoms with Gasteiger partial charge in [0.1, 0.15) is 0 Å². The molecule has 194 valence electrons. The number of hydrogen-bond donors (Lipinski definition) is 2. The monoisotopic (exact) mass is 500 g/mol. The minimum atomic E-state index is -0.150. The van der Waals surface area contributed by atoms with Crippen LogP contribution in [0.3, 0.4) is 0 Å².